The van der Waals surface area contributed by atoms with Crippen LogP contribution in [-0.2, 0) is 0 Å². The summed E-state index contributed by atoms with van der Waals surface area (Å²) in [4.78, 5) is 11.1. The van der Waals surface area contributed by atoms with Gasteiger partial charge in [-0.1, -0.05) is 171 Å². The van der Waals surface area contributed by atoms with Crippen LogP contribution in [0.1, 0.15) is 24.1 Å². The predicted molar refractivity (Wildman–Crippen MR) is 196 cm³/mol. The maximum Gasteiger partial charge on any atom is 0.0986 e. The van der Waals surface area contributed by atoms with Crippen molar-refractivity contribution in [2.24, 2.45) is 0 Å². The number of pyridine rings is 2. The summed E-state index contributed by atoms with van der Waals surface area (Å²) in [6, 6.07) is 42.2. The van der Waals surface area contributed by atoms with Gasteiger partial charge in [0.05, 0.1) is 22.6 Å². The number of rotatable bonds is 8. The van der Waals surface area contributed by atoms with Crippen LogP contribution >= 0.6 is 0 Å². The maximum absolute atomic E-state index is 5.64. The van der Waals surface area contributed by atoms with Crippen molar-refractivity contribution in [2.45, 2.75) is 12.8 Å². The summed E-state index contributed by atoms with van der Waals surface area (Å²) in [5.74, 6) is 0. The summed E-state index contributed by atoms with van der Waals surface area (Å²) in [5, 5.41) is 1.06. The van der Waals surface area contributed by atoms with Crippen LogP contribution in [0.4, 0.5) is 0 Å². The second-order valence-electron chi connectivity index (χ2n) is 11.3. The van der Waals surface area contributed by atoms with Gasteiger partial charge in [-0.15, -0.1) is 0 Å². The monoisotopic (exact) mass is 590 g/mol. The summed E-state index contributed by atoms with van der Waals surface area (Å²) in [7, 11) is 0. The fourth-order valence-corrected chi connectivity index (χ4v) is 6.38. The van der Waals surface area contributed by atoms with Crippen LogP contribution in [0.5, 0.6) is 0 Å². The largest absolute Gasteiger partial charge is 0.245 e. The normalized spacial score (nSPS) is 13.0. The summed E-state index contributed by atoms with van der Waals surface area (Å²) in [6.45, 7) is 8.23. The number of aromatic nitrogens is 2. The molecule has 0 bridgehead atoms. The zero-order valence-electron chi connectivity index (χ0n) is 25.7. The van der Waals surface area contributed by atoms with Gasteiger partial charge in [0.1, 0.15) is 0 Å². The van der Waals surface area contributed by atoms with Gasteiger partial charge in [0.2, 0.25) is 0 Å². The maximum atomic E-state index is 5.64. The Labute approximate surface area is 271 Å². The molecule has 0 N–H and O–H groups in total. The van der Waals surface area contributed by atoms with E-state index in [0.717, 1.165) is 85.3 Å². The Bertz CT molecular complexity index is 2140. The molecule has 0 amide bonds. The van der Waals surface area contributed by atoms with Crippen molar-refractivity contribution in [1.29, 1.82) is 0 Å². The van der Waals surface area contributed by atoms with E-state index >= 15 is 0 Å². The van der Waals surface area contributed by atoms with Crippen LogP contribution in [0.25, 0.3) is 66.8 Å². The Morgan fingerprint density at radius 1 is 0.565 bits per heavy atom. The molecular weight excluding hydrogens is 556 g/mol. The van der Waals surface area contributed by atoms with Crippen molar-refractivity contribution < 1.29 is 0 Å². The molecule has 2 heterocycles. The molecule has 2 aromatic heterocycles. The number of allylic oxidation sites excluding steroid dienone is 8. The lowest BCUT2D eigenvalue weighted by molar-refractivity contribution is 1.04. The van der Waals surface area contributed by atoms with Gasteiger partial charge >= 0.3 is 0 Å². The van der Waals surface area contributed by atoms with Crippen molar-refractivity contribution >= 4 is 22.0 Å². The molecule has 0 saturated heterocycles. The Morgan fingerprint density at radius 3 is 1.63 bits per heavy atom. The molecule has 0 fully saturated rings. The molecule has 0 spiro atoms. The molecule has 0 unspecified atom stereocenters. The van der Waals surface area contributed by atoms with E-state index in [4.69, 9.17) is 9.97 Å². The molecular formula is C44H34N2. The van der Waals surface area contributed by atoms with E-state index in [0.29, 0.717) is 0 Å². The third kappa shape index (κ3) is 5.35. The zero-order valence-corrected chi connectivity index (χ0v) is 25.7. The Hall–Kier alpha value is -5.86. The number of hydrogen-bond donors (Lipinski definition) is 0. The molecule has 0 saturated carbocycles. The number of fused-ring (bicyclic) bond motifs is 1. The standard InChI is InChI=1S/C44H34N2/c1-3-20-31(4-2)41-39(34-25-14-7-15-26-34)40-37(32-21-10-5-11-22-32)38(33-23-12-6-13-24-33)42(35-27-16-8-17-28-35)46-44(40)43(45-41)36-29-18-9-19-30-36/h3-5,7-12,14-30H,1-2,6,13H2/b31-20+. The van der Waals surface area contributed by atoms with Gasteiger partial charge in [-0.3, -0.25) is 0 Å². The molecule has 0 aliphatic heterocycles. The lowest BCUT2D eigenvalue weighted by Crippen LogP contribution is -2.06. The van der Waals surface area contributed by atoms with Gasteiger partial charge in [-0.2, -0.15) is 0 Å². The van der Waals surface area contributed by atoms with E-state index in [-0.39, 0.29) is 0 Å². The first-order valence-electron chi connectivity index (χ1n) is 15.7. The third-order valence-corrected chi connectivity index (χ3v) is 8.43. The highest BCUT2D eigenvalue weighted by Gasteiger charge is 2.27. The van der Waals surface area contributed by atoms with E-state index in [9.17, 15) is 0 Å². The van der Waals surface area contributed by atoms with Gasteiger partial charge in [-0.05, 0) is 29.5 Å². The smallest absolute Gasteiger partial charge is 0.0986 e. The van der Waals surface area contributed by atoms with Crippen molar-refractivity contribution in [3.05, 3.63) is 182 Å². The van der Waals surface area contributed by atoms with Gasteiger partial charge in [0, 0.05) is 38.8 Å². The highest BCUT2D eigenvalue weighted by molar-refractivity contribution is 6.16. The summed E-state index contributed by atoms with van der Waals surface area (Å²) < 4.78 is 0. The molecule has 2 nitrogen and oxygen atoms in total. The molecule has 220 valence electrons. The van der Waals surface area contributed by atoms with Crippen LogP contribution < -0.4 is 0 Å². The van der Waals surface area contributed by atoms with Crippen LogP contribution in [-0.4, -0.2) is 9.97 Å². The van der Waals surface area contributed by atoms with E-state index in [1.165, 1.54) is 5.57 Å². The topological polar surface area (TPSA) is 25.8 Å². The molecule has 1 aliphatic carbocycles. The number of hydrogen-bond acceptors (Lipinski definition) is 2. The van der Waals surface area contributed by atoms with Gasteiger partial charge in [0.25, 0.3) is 0 Å². The average Bonchev–Trinajstić information content (AvgIpc) is 3.14. The summed E-state index contributed by atoms with van der Waals surface area (Å²) >= 11 is 0. The molecule has 2 heteroatoms. The molecule has 7 rings (SSSR count). The fraction of sp³-hybridized carbons (Fsp3) is 0.0455. The molecule has 1 aliphatic rings. The Balaban J connectivity index is 1.81. The molecule has 6 aromatic rings. The van der Waals surface area contributed by atoms with Crippen molar-refractivity contribution in [3.8, 4) is 44.8 Å². The lowest BCUT2D eigenvalue weighted by atomic mass is 9.82. The van der Waals surface area contributed by atoms with Crippen LogP contribution in [0, 0.1) is 0 Å². The van der Waals surface area contributed by atoms with Gasteiger partial charge in [0.15, 0.2) is 0 Å². The Kier molecular flexibility index (Phi) is 8.17. The lowest BCUT2D eigenvalue weighted by Gasteiger charge is -2.24. The SMILES string of the molecule is C=C/C=C(\C=C)c1nc(-c2ccccc2)c2nc(-c3ccccc3)c(C3=CCCC=C3)c(-c3ccccc3)c2c1-c1ccccc1. The molecule has 4 aromatic carbocycles. The minimum absolute atomic E-state index is 0.830. The summed E-state index contributed by atoms with van der Waals surface area (Å²) in [6.07, 6.45) is 14.6. The second-order valence-corrected chi connectivity index (χ2v) is 11.3. The van der Waals surface area contributed by atoms with Crippen LogP contribution in [0.15, 0.2) is 171 Å². The third-order valence-electron chi connectivity index (χ3n) is 8.43. The van der Waals surface area contributed by atoms with Crippen LogP contribution in [0.2, 0.25) is 0 Å². The van der Waals surface area contributed by atoms with Crippen LogP contribution in [0.3, 0.4) is 0 Å². The van der Waals surface area contributed by atoms with E-state index in [2.05, 4.69) is 147 Å². The van der Waals surface area contributed by atoms with Crippen molar-refractivity contribution in [3.63, 3.8) is 0 Å². The number of nitrogens with zero attached hydrogens (tertiary/aromatic N) is 2. The van der Waals surface area contributed by atoms with E-state index in [1.807, 2.05) is 18.2 Å². The van der Waals surface area contributed by atoms with Gasteiger partial charge in [-0.25, -0.2) is 9.97 Å². The second kappa shape index (κ2) is 13.0. The molecule has 0 atom stereocenters. The van der Waals surface area contributed by atoms with E-state index in [1.54, 1.807) is 6.08 Å². The first-order valence-corrected chi connectivity index (χ1v) is 15.7. The van der Waals surface area contributed by atoms with Crippen molar-refractivity contribution in [1.82, 2.24) is 9.97 Å². The average molecular weight is 591 g/mol. The first kappa shape index (κ1) is 28.9. The van der Waals surface area contributed by atoms with Crippen molar-refractivity contribution in [2.75, 3.05) is 0 Å². The Morgan fingerprint density at radius 2 is 1.11 bits per heavy atom. The minimum Gasteiger partial charge on any atom is -0.245 e. The quantitative estimate of drug-likeness (QED) is 0.165. The minimum atomic E-state index is 0.830. The number of benzene rings is 4. The van der Waals surface area contributed by atoms with Gasteiger partial charge < -0.3 is 0 Å². The zero-order chi connectivity index (χ0) is 31.3. The summed E-state index contributed by atoms with van der Waals surface area (Å²) in [5.41, 5.74) is 13.1. The van der Waals surface area contributed by atoms with E-state index < -0.39 is 0 Å². The molecule has 0 radical (unpaired) electrons. The highest BCUT2D eigenvalue weighted by Crippen LogP contribution is 2.48. The fourth-order valence-electron chi connectivity index (χ4n) is 6.38. The highest BCUT2D eigenvalue weighted by atomic mass is 14.8. The first-order chi connectivity index (χ1) is 22.8. The molecule has 46 heavy (non-hydrogen) atoms. The predicted octanol–water partition coefficient (Wildman–Crippen LogP) is 11.8.